The topological polar surface area (TPSA) is 17.8 Å². The fourth-order valence-electron chi connectivity index (χ4n) is 2.30. The zero-order chi connectivity index (χ0) is 11.2. The van der Waals surface area contributed by atoms with Gasteiger partial charge in [-0.2, -0.15) is 5.10 Å². The highest BCUT2D eigenvalue weighted by Gasteiger charge is 2.13. The molecule has 0 aliphatic rings. The number of aryl methyl sites for hydroxylation is 3. The third-order valence-electron chi connectivity index (χ3n) is 3.02. The van der Waals surface area contributed by atoms with Crippen molar-refractivity contribution in [3.8, 4) is 0 Å². The molecule has 1 aromatic heterocycles. The first-order chi connectivity index (χ1) is 7.02. The van der Waals surface area contributed by atoms with Crippen LogP contribution in [0.2, 0.25) is 0 Å². The molecule has 0 saturated carbocycles. The van der Waals surface area contributed by atoms with Crippen LogP contribution in [0.4, 0.5) is 0 Å². The van der Waals surface area contributed by atoms with E-state index in [1.54, 1.807) is 0 Å². The Morgan fingerprint density at radius 2 is 1.87 bits per heavy atom. The van der Waals surface area contributed by atoms with Crippen LogP contribution in [0.3, 0.4) is 0 Å². The molecule has 1 heterocycles. The molecule has 2 nitrogen and oxygen atoms in total. The van der Waals surface area contributed by atoms with Gasteiger partial charge in [0, 0.05) is 12.4 Å². The first kappa shape index (κ1) is 10.2. The average Bonchev–Trinajstić information content (AvgIpc) is 2.43. The summed E-state index contributed by atoms with van der Waals surface area (Å²) in [4.78, 5) is 0. The minimum Gasteiger partial charge on any atom is -0.267 e. The molecule has 2 aromatic rings. The summed E-state index contributed by atoms with van der Waals surface area (Å²) in [6.45, 7) is 8.69. The van der Waals surface area contributed by atoms with Gasteiger partial charge in [0.2, 0.25) is 0 Å². The van der Waals surface area contributed by atoms with Crippen LogP contribution in [-0.2, 0) is 7.05 Å². The zero-order valence-electron chi connectivity index (χ0n) is 10.1. The second kappa shape index (κ2) is 3.37. The smallest absolute Gasteiger partial charge is 0.0719 e. The second-order valence-electron chi connectivity index (χ2n) is 4.56. The first-order valence-electron chi connectivity index (χ1n) is 5.45. The molecule has 2 heteroatoms. The standard InChI is InChI=1S/C13H18N2/c1-8(2)11-7-6-9(3)12-10(4)14-15(5)13(11)12/h6-8H,1-5H3. The Balaban J connectivity index is 2.92. The molecular formula is C13H18N2. The van der Waals surface area contributed by atoms with E-state index in [0.717, 1.165) is 5.69 Å². The van der Waals surface area contributed by atoms with Gasteiger partial charge in [-0.25, -0.2) is 0 Å². The van der Waals surface area contributed by atoms with Crippen molar-refractivity contribution in [1.82, 2.24) is 9.78 Å². The fraction of sp³-hybridized carbons (Fsp3) is 0.462. The summed E-state index contributed by atoms with van der Waals surface area (Å²) in [5.74, 6) is 0.544. The maximum absolute atomic E-state index is 4.51. The summed E-state index contributed by atoms with van der Waals surface area (Å²) in [5, 5.41) is 5.83. The number of benzene rings is 1. The highest BCUT2D eigenvalue weighted by molar-refractivity contribution is 5.88. The Kier molecular flexibility index (Phi) is 2.29. The van der Waals surface area contributed by atoms with Crippen LogP contribution in [0.5, 0.6) is 0 Å². The minimum absolute atomic E-state index is 0.544. The van der Waals surface area contributed by atoms with Crippen LogP contribution in [-0.4, -0.2) is 9.78 Å². The lowest BCUT2D eigenvalue weighted by Gasteiger charge is -2.09. The maximum Gasteiger partial charge on any atom is 0.0719 e. The molecule has 2 rings (SSSR count). The second-order valence-corrected chi connectivity index (χ2v) is 4.56. The Morgan fingerprint density at radius 1 is 1.20 bits per heavy atom. The van der Waals surface area contributed by atoms with Crippen molar-refractivity contribution in [3.05, 3.63) is 29.0 Å². The van der Waals surface area contributed by atoms with E-state index in [1.807, 2.05) is 11.7 Å². The van der Waals surface area contributed by atoms with Crippen molar-refractivity contribution in [2.75, 3.05) is 0 Å². The quantitative estimate of drug-likeness (QED) is 0.693. The van der Waals surface area contributed by atoms with E-state index in [-0.39, 0.29) is 0 Å². The zero-order valence-corrected chi connectivity index (χ0v) is 10.1. The van der Waals surface area contributed by atoms with Crippen molar-refractivity contribution in [2.24, 2.45) is 7.05 Å². The van der Waals surface area contributed by atoms with Crippen molar-refractivity contribution in [1.29, 1.82) is 0 Å². The van der Waals surface area contributed by atoms with Gasteiger partial charge in [-0.3, -0.25) is 4.68 Å². The van der Waals surface area contributed by atoms with E-state index in [0.29, 0.717) is 5.92 Å². The van der Waals surface area contributed by atoms with Gasteiger partial charge in [-0.05, 0) is 30.9 Å². The molecule has 0 N–H and O–H groups in total. The highest BCUT2D eigenvalue weighted by atomic mass is 15.3. The van der Waals surface area contributed by atoms with E-state index in [2.05, 4.69) is 44.9 Å². The van der Waals surface area contributed by atoms with Crippen LogP contribution in [0.15, 0.2) is 12.1 Å². The fourth-order valence-corrected chi connectivity index (χ4v) is 2.30. The lowest BCUT2D eigenvalue weighted by Crippen LogP contribution is -1.96. The number of hydrogen-bond acceptors (Lipinski definition) is 1. The number of aromatic nitrogens is 2. The van der Waals surface area contributed by atoms with Gasteiger partial charge in [-0.15, -0.1) is 0 Å². The minimum atomic E-state index is 0.544. The summed E-state index contributed by atoms with van der Waals surface area (Å²) in [6.07, 6.45) is 0. The molecule has 0 atom stereocenters. The van der Waals surface area contributed by atoms with Crippen LogP contribution < -0.4 is 0 Å². The Hall–Kier alpha value is -1.31. The molecule has 0 spiro atoms. The molecule has 0 fully saturated rings. The van der Waals surface area contributed by atoms with E-state index in [4.69, 9.17) is 0 Å². The lowest BCUT2D eigenvalue weighted by atomic mass is 9.97. The molecule has 0 aliphatic heterocycles. The predicted octanol–water partition coefficient (Wildman–Crippen LogP) is 3.31. The number of fused-ring (bicyclic) bond motifs is 1. The van der Waals surface area contributed by atoms with Gasteiger partial charge in [0.25, 0.3) is 0 Å². The van der Waals surface area contributed by atoms with E-state index >= 15 is 0 Å². The molecular weight excluding hydrogens is 184 g/mol. The van der Waals surface area contributed by atoms with Crippen molar-refractivity contribution in [3.63, 3.8) is 0 Å². The summed E-state index contributed by atoms with van der Waals surface area (Å²) < 4.78 is 2.01. The first-order valence-corrected chi connectivity index (χ1v) is 5.45. The number of nitrogens with zero attached hydrogens (tertiary/aromatic N) is 2. The van der Waals surface area contributed by atoms with Gasteiger partial charge in [0.1, 0.15) is 0 Å². The number of hydrogen-bond donors (Lipinski definition) is 0. The average molecular weight is 202 g/mol. The van der Waals surface area contributed by atoms with Gasteiger partial charge in [0.15, 0.2) is 0 Å². The van der Waals surface area contributed by atoms with Gasteiger partial charge < -0.3 is 0 Å². The van der Waals surface area contributed by atoms with E-state index in [1.165, 1.54) is 22.0 Å². The highest BCUT2D eigenvalue weighted by Crippen LogP contribution is 2.29. The molecule has 0 saturated heterocycles. The van der Waals surface area contributed by atoms with E-state index < -0.39 is 0 Å². The van der Waals surface area contributed by atoms with Gasteiger partial charge in [-0.1, -0.05) is 26.0 Å². The Labute approximate surface area is 90.9 Å². The maximum atomic E-state index is 4.51. The van der Waals surface area contributed by atoms with Crippen molar-refractivity contribution >= 4 is 10.9 Å². The summed E-state index contributed by atoms with van der Waals surface area (Å²) >= 11 is 0. The summed E-state index contributed by atoms with van der Waals surface area (Å²) in [6, 6.07) is 4.43. The Bertz CT molecular complexity index is 507. The molecule has 0 bridgehead atoms. The van der Waals surface area contributed by atoms with Crippen LogP contribution in [0, 0.1) is 13.8 Å². The van der Waals surface area contributed by atoms with Gasteiger partial charge in [0.05, 0.1) is 11.2 Å². The lowest BCUT2D eigenvalue weighted by molar-refractivity contribution is 0.769. The molecule has 0 amide bonds. The van der Waals surface area contributed by atoms with Crippen LogP contribution in [0.25, 0.3) is 10.9 Å². The van der Waals surface area contributed by atoms with E-state index in [9.17, 15) is 0 Å². The molecule has 0 aliphatic carbocycles. The molecule has 15 heavy (non-hydrogen) atoms. The monoisotopic (exact) mass is 202 g/mol. The molecule has 1 aromatic carbocycles. The summed E-state index contributed by atoms with van der Waals surface area (Å²) in [5.41, 5.74) is 5.13. The number of rotatable bonds is 1. The predicted molar refractivity (Wildman–Crippen MR) is 64.3 cm³/mol. The third kappa shape index (κ3) is 1.44. The van der Waals surface area contributed by atoms with Crippen molar-refractivity contribution < 1.29 is 0 Å². The Morgan fingerprint density at radius 3 is 2.47 bits per heavy atom. The normalized spacial score (nSPS) is 11.6. The van der Waals surface area contributed by atoms with Crippen LogP contribution >= 0.6 is 0 Å². The summed E-state index contributed by atoms with van der Waals surface area (Å²) in [7, 11) is 2.03. The third-order valence-corrected chi connectivity index (χ3v) is 3.02. The largest absolute Gasteiger partial charge is 0.267 e. The van der Waals surface area contributed by atoms with Gasteiger partial charge >= 0.3 is 0 Å². The molecule has 0 radical (unpaired) electrons. The molecule has 0 unspecified atom stereocenters. The SMILES string of the molecule is Cc1ccc(C(C)C)c2c1c(C)nn2C. The molecule has 80 valence electrons. The van der Waals surface area contributed by atoms with Crippen LogP contribution in [0.1, 0.15) is 36.6 Å². The van der Waals surface area contributed by atoms with Crippen molar-refractivity contribution in [2.45, 2.75) is 33.6 Å².